The molecule has 12 aromatic rings. The van der Waals surface area contributed by atoms with Crippen LogP contribution in [0.5, 0.6) is 5.88 Å². The van der Waals surface area contributed by atoms with Gasteiger partial charge in [0, 0.05) is 58.6 Å². The minimum absolute atomic E-state index is 0. The molecule has 558 valence electrons. The Morgan fingerprint density at radius 1 is 0.426 bits per heavy atom. The topological polar surface area (TPSA) is 255 Å². The number of ether oxygens (including phenoxy) is 1. The van der Waals surface area contributed by atoms with Gasteiger partial charge in [0.1, 0.15) is 59.3 Å². The Bertz CT molecular complexity index is 4450. The van der Waals surface area contributed by atoms with Gasteiger partial charge in [0.2, 0.25) is 5.88 Å². The van der Waals surface area contributed by atoms with Crippen LogP contribution in [0.15, 0.2) is 243 Å². The van der Waals surface area contributed by atoms with Crippen molar-refractivity contribution in [3.05, 3.63) is 254 Å². The first kappa shape index (κ1) is 101. The number of anilines is 5. The molecule has 0 bridgehead atoms. The summed E-state index contributed by atoms with van der Waals surface area (Å²) in [7, 11) is 8.79. The molecule has 0 radical (unpaired) electrons. The minimum atomic E-state index is -1.16. The van der Waals surface area contributed by atoms with Crippen LogP contribution in [-0.2, 0) is 0 Å². The van der Waals surface area contributed by atoms with Crippen molar-refractivity contribution in [1.29, 1.82) is 0 Å². The molecule has 108 heavy (non-hydrogen) atoms. The van der Waals surface area contributed by atoms with E-state index in [0.29, 0.717) is 74.2 Å². The summed E-state index contributed by atoms with van der Waals surface area (Å²) in [6.07, 6.45) is 5.45. The van der Waals surface area contributed by atoms with Gasteiger partial charge in [-0.05, 0) is 45.1 Å². The number of nitrogens with one attached hydrogen (secondary N) is 1. The molecule has 0 aliphatic rings. The molecule has 0 aliphatic heterocycles. The molecular weight excluding hydrogens is 1410 g/mol. The van der Waals surface area contributed by atoms with Crippen molar-refractivity contribution < 1.29 is 92.2 Å². The molecule has 0 saturated carbocycles. The van der Waals surface area contributed by atoms with Crippen LogP contribution in [-0.4, -0.2) is 90.4 Å². The first-order chi connectivity index (χ1) is 50.2. The van der Waals surface area contributed by atoms with E-state index in [1.807, 2.05) is 303 Å². The van der Waals surface area contributed by atoms with Crippen molar-refractivity contribution in [3.8, 4) is 120 Å². The van der Waals surface area contributed by atoms with Gasteiger partial charge in [-0.2, -0.15) is 12.1 Å². The van der Waals surface area contributed by atoms with Gasteiger partial charge in [-0.3, -0.25) is 0 Å². The summed E-state index contributed by atoms with van der Waals surface area (Å²) < 4.78 is 5.32. The summed E-state index contributed by atoms with van der Waals surface area (Å²) >= 11 is 6.17. The van der Waals surface area contributed by atoms with Crippen LogP contribution >= 0.6 is 11.6 Å². The van der Waals surface area contributed by atoms with Gasteiger partial charge in [-0.1, -0.05) is 331 Å². The van der Waals surface area contributed by atoms with Crippen LogP contribution < -0.4 is 124 Å². The summed E-state index contributed by atoms with van der Waals surface area (Å²) in [6, 6.07) is 82.4. The quantitative estimate of drug-likeness (QED) is 0.0531. The minimum Gasteiger partial charge on any atom is -1.00 e. The first-order valence-corrected chi connectivity index (χ1v) is 37.1. The maximum atomic E-state index is 8.25. The van der Waals surface area contributed by atoms with E-state index in [1.165, 1.54) is 18.1 Å². The zero-order chi connectivity index (χ0) is 75.5. The Balaban J connectivity index is -0.00000126. The van der Waals surface area contributed by atoms with E-state index in [2.05, 4.69) is 73.4 Å². The summed E-state index contributed by atoms with van der Waals surface area (Å²) in [6.45, 7) is 16.4. The Morgan fingerprint density at radius 3 is 0.944 bits per heavy atom. The van der Waals surface area contributed by atoms with E-state index in [4.69, 9.17) is 60.8 Å². The molecule has 8 aromatic carbocycles. The largest absolute Gasteiger partial charge is 1.00 e. The number of aromatic nitrogens is 8. The molecule has 0 saturated heterocycles. The number of halogens is 1. The normalized spacial score (nSPS) is 9.32. The zero-order valence-corrected chi connectivity index (χ0v) is 70.7. The fourth-order valence-electron chi connectivity index (χ4n) is 9.85. The second-order valence-electron chi connectivity index (χ2n) is 21.9. The number of terminal acetylenes is 1. The molecule has 0 fully saturated rings. The summed E-state index contributed by atoms with van der Waals surface area (Å²) in [5.41, 5.74) is 41.0. The van der Waals surface area contributed by atoms with Crippen LogP contribution in [0, 0.1) is 23.8 Å². The van der Waals surface area contributed by atoms with Gasteiger partial charge in [-0.15, -0.1) is 12.0 Å². The van der Waals surface area contributed by atoms with Gasteiger partial charge in [0.25, 0.3) is 0 Å². The van der Waals surface area contributed by atoms with Gasteiger partial charge in [-0.25, -0.2) is 34.9 Å². The Morgan fingerprint density at radius 2 is 0.667 bits per heavy atom. The standard InChI is InChI=1S/C19H15N3.C18H18N4.C17H15N3O.C16H12ClN3.C8H16Si.C2H7N.2C2H6.CH3O.3CH4.K.Na.H/c1-2-9-16-17(14-10-5-3-6-11-14)22-18(19(20)21-16)15-12-7-4-8-13-15;1-22(2)18-16(14-11-7-4-8-12-14)20-15(17(19)21-18)13-9-5-3-6-10-13;1-21-17-15(13-10-6-3-7-11-13)19-14(16(18)20-17)12-8-4-2-5-9-12;17-15-13(11-7-3-1-4-8-11)19-14(16(18)20-15)12-9-5-2-6-10-12;1-5-9(6-2,7-3)8-4;1-3-2;3*1-2;;;;;;/h3-8,10-13H,1H3,(H2,20,21);3-12H,1-2H3,(H2,19,21);2-11H,1H3,(H2,18,20);1-10H,(H2,18,20);1H,6-8H2,2-4H3;3H,1-2H3;2*1-2H3;1H3;3*1H4;;;/q;;;;;;;;-1;;;;2*+1;-1. The summed E-state index contributed by atoms with van der Waals surface area (Å²) in [4.78, 5) is 38.3. The fraction of sp³-hybridized carbons (Fsp3) is 0.227. The van der Waals surface area contributed by atoms with E-state index < -0.39 is 8.07 Å². The van der Waals surface area contributed by atoms with Gasteiger partial charge in [0.15, 0.2) is 34.2 Å². The molecule has 4 heterocycles. The predicted octanol–water partition coefficient (Wildman–Crippen LogP) is 14.2. The number of rotatable bonds is 13. The van der Waals surface area contributed by atoms with E-state index in [0.717, 1.165) is 68.8 Å². The third kappa shape index (κ3) is 30.3. The molecule has 4 aromatic heterocycles. The smallest absolute Gasteiger partial charge is 1.00 e. The van der Waals surface area contributed by atoms with Gasteiger partial charge < -0.3 is 44.4 Å². The molecule has 0 unspecified atom stereocenters. The third-order valence-corrected chi connectivity index (χ3v) is 20.1. The van der Waals surface area contributed by atoms with Crippen LogP contribution in [0.4, 0.5) is 29.1 Å². The molecule has 9 N–H and O–H groups in total. The van der Waals surface area contributed by atoms with Crippen molar-refractivity contribution in [1.82, 2.24) is 45.2 Å². The number of hydrogen-bond donors (Lipinski definition) is 5. The van der Waals surface area contributed by atoms with Crippen LogP contribution in [0.2, 0.25) is 23.3 Å². The first-order valence-electron chi connectivity index (χ1n) is 34.1. The van der Waals surface area contributed by atoms with E-state index >= 15 is 0 Å². The Kier molecular flexibility index (Phi) is 52.7. The van der Waals surface area contributed by atoms with Crippen molar-refractivity contribution in [2.75, 3.05) is 70.2 Å². The average Bonchev–Trinajstić information content (AvgIpc) is 0.930. The second-order valence-corrected chi connectivity index (χ2v) is 27.2. The predicted molar refractivity (Wildman–Crippen MR) is 459 cm³/mol. The SMILES string of the molecule is C.C.C.C#C[Si](CC)(CC)CC.CC.CC.CC#Cc1nc(N)c(-c2ccccc2)nc1-c1ccccc1.CN(C)c1nc(N)c(-c2ccccc2)nc1-c1ccccc1.CNC.COc1nc(N)c(-c2ccccc2)nc1-c1ccccc1.C[O-].Nc1nc(Cl)c(-c2ccccc2)nc1-c1ccccc1.[H-].[K+].[Na+]. The van der Waals surface area contributed by atoms with Gasteiger partial charge >= 0.3 is 80.9 Å². The number of nitrogen functional groups attached to an aromatic ring is 4. The molecule has 12 rings (SSSR count). The van der Waals surface area contributed by atoms with Crippen molar-refractivity contribution >= 4 is 48.8 Å². The molecular formula is C88H111ClKN14NaO2Si. The molecule has 0 atom stereocenters. The fourth-order valence-corrected chi connectivity index (χ4v) is 12.2. The second kappa shape index (κ2) is 56.3. The number of hydrogen-bond acceptors (Lipinski definition) is 16. The van der Waals surface area contributed by atoms with Gasteiger partial charge in [0.05, 0.1) is 7.11 Å². The van der Waals surface area contributed by atoms with Crippen molar-refractivity contribution in [2.45, 2.75) is 95.8 Å². The van der Waals surface area contributed by atoms with Crippen LogP contribution in [0.25, 0.3) is 90.1 Å². The van der Waals surface area contributed by atoms with E-state index in [9.17, 15) is 0 Å². The molecule has 20 heteroatoms. The molecule has 0 aliphatic carbocycles. The van der Waals surface area contributed by atoms with Crippen molar-refractivity contribution in [2.24, 2.45) is 0 Å². The number of nitrogens with two attached hydrogens (primary N) is 4. The van der Waals surface area contributed by atoms with Crippen LogP contribution in [0.3, 0.4) is 0 Å². The average molecular weight is 1520 g/mol. The Hall–Kier alpha value is -8.94. The monoisotopic (exact) mass is 1520 g/mol. The molecule has 16 nitrogen and oxygen atoms in total. The van der Waals surface area contributed by atoms with E-state index in [1.54, 1.807) is 14.0 Å². The molecule has 0 spiro atoms. The van der Waals surface area contributed by atoms with Crippen LogP contribution in [0.1, 0.15) is 84.8 Å². The maximum absolute atomic E-state index is 8.25. The zero-order valence-electron chi connectivity index (χ0n) is 64.8. The molecule has 0 amide bonds. The summed E-state index contributed by atoms with van der Waals surface area (Å²) in [5.74, 6) is 8.58. The number of methoxy groups -OCH3 is 1. The van der Waals surface area contributed by atoms with E-state index in [-0.39, 0.29) is 105 Å². The number of benzene rings is 8. The summed E-state index contributed by atoms with van der Waals surface area (Å²) in [5, 5.41) is 11.3. The number of nitrogens with zero attached hydrogens (tertiary/aromatic N) is 9. The Labute approximate surface area is 718 Å². The maximum Gasteiger partial charge on any atom is 1.00 e. The van der Waals surface area contributed by atoms with Crippen molar-refractivity contribution in [3.63, 3.8) is 0 Å². The third-order valence-electron chi connectivity index (χ3n) is 15.2.